The van der Waals surface area contributed by atoms with Crippen molar-refractivity contribution in [2.75, 3.05) is 6.26 Å². The molecule has 0 unspecified atom stereocenters. The number of aromatic nitrogens is 1. The molecule has 20 heavy (non-hydrogen) atoms. The maximum Gasteiger partial charge on any atom is 0.496 e. The van der Waals surface area contributed by atoms with Crippen molar-refractivity contribution in [3.8, 4) is 0 Å². The van der Waals surface area contributed by atoms with Crippen molar-refractivity contribution < 1.29 is 17.7 Å². The standard InChI is InChI=1S/C13H20BNO4S/c1-9-10(7-8-11(15-9)20(6,16)17)14-18-12(2,3)13(4,5)19-14/h7-8H,1-6H3. The summed E-state index contributed by atoms with van der Waals surface area (Å²) in [5, 5.41) is 0.0651. The highest BCUT2D eigenvalue weighted by Crippen LogP contribution is 2.36. The molecule has 1 aromatic rings. The molecule has 2 rings (SSSR count). The molecule has 0 aliphatic carbocycles. The number of pyridine rings is 1. The Balaban J connectivity index is 2.37. The van der Waals surface area contributed by atoms with Crippen LogP contribution in [0.15, 0.2) is 17.2 Å². The van der Waals surface area contributed by atoms with Crippen molar-refractivity contribution in [3.63, 3.8) is 0 Å². The van der Waals surface area contributed by atoms with Gasteiger partial charge in [-0.05, 0) is 40.7 Å². The summed E-state index contributed by atoms with van der Waals surface area (Å²) in [5.74, 6) is 0. The summed E-state index contributed by atoms with van der Waals surface area (Å²) in [5.41, 5.74) is 0.502. The molecule has 0 radical (unpaired) electrons. The molecule has 0 amide bonds. The Kier molecular flexibility index (Phi) is 3.52. The summed E-state index contributed by atoms with van der Waals surface area (Å²) in [6, 6.07) is 3.20. The molecule has 2 heterocycles. The van der Waals surface area contributed by atoms with Crippen LogP contribution in [0.5, 0.6) is 0 Å². The van der Waals surface area contributed by atoms with Crippen molar-refractivity contribution in [2.24, 2.45) is 0 Å². The van der Waals surface area contributed by atoms with Gasteiger partial charge in [0.1, 0.15) is 0 Å². The lowest BCUT2D eigenvalue weighted by Gasteiger charge is -2.32. The highest BCUT2D eigenvalue weighted by atomic mass is 32.2. The second-order valence-corrected chi connectivity index (χ2v) is 8.15. The van der Waals surface area contributed by atoms with E-state index in [1.54, 1.807) is 13.0 Å². The molecule has 0 aromatic carbocycles. The van der Waals surface area contributed by atoms with Crippen LogP contribution >= 0.6 is 0 Å². The lowest BCUT2D eigenvalue weighted by Crippen LogP contribution is -2.41. The smallest absolute Gasteiger partial charge is 0.399 e. The fraction of sp³-hybridized carbons (Fsp3) is 0.615. The van der Waals surface area contributed by atoms with E-state index < -0.39 is 28.2 Å². The highest BCUT2D eigenvalue weighted by molar-refractivity contribution is 7.90. The number of rotatable bonds is 2. The summed E-state index contributed by atoms with van der Waals surface area (Å²) in [4.78, 5) is 4.14. The van der Waals surface area contributed by atoms with E-state index in [9.17, 15) is 8.42 Å². The van der Waals surface area contributed by atoms with Crippen LogP contribution < -0.4 is 5.46 Å². The Morgan fingerprint density at radius 2 is 1.60 bits per heavy atom. The zero-order chi connectivity index (χ0) is 15.3. The number of hydrogen-bond donors (Lipinski definition) is 0. The Bertz CT molecular complexity index is 624. The van der Waals surface area contributed by atoms with E-state index in [1.165, 1.54) is 6.07 Å². The molecule has 1 fully saturated rings. The number of aryl methyl sites for hydroxylation is 1. The fourth-order valence-electron chi connectivity index (χ4n) is 1.97. The fourth-order valence-corrected chi connectivity index (χ4v) is 2.59. The van der Waals surface area contributed by atoms with E-state index in [0.29, 0.717) is 5.69 Å². The second kappa shape index (κ2) is 4.54. The Morgan fingerprint density at radius 1 is 1.10 bits per heavy atom. The van der Waals surface area contributed by atoms with Crippen LogP contribution in [0.3, 0.4) is 0 Å². The molecule has 0 N–H and O–H groups in total. The predicted octanol–water partition coefficient (Wildman–Crippen LogP) is 1.09. The zero-order valence-corrected chi connectivity index (χ0v) is 13.5. The topological polar surface area (TPSA) is 65.5 Å². The first-order valence-corrected chi connectivity index (χ1v) is 8.36. The summed E-state index contributed by atoms with van der Waals surface area (Å²) < 4.78 is 34.9. The van der Waals surface area contributed by atoms with Crippen LogP contribution in [0.4, 0.5) is 0 Å². The average Bonchev–Trinajstić information content (AvgIpc) is 2.46. The van der Waals surface area contributed by atoms with E-state index in [-0.39, 0.29) is 5.03 Å². The van der Waals surface area contributed by atoms with Crippen molar-refractivity contribution in [2.45, 2.75) is 50.8 Å². The quantitative estimate of drug-likeness (QED) is 0.765. The van der Waals surface area contributed by atoms with Crippen molar-refractivity contribution in [1.29, 1.82) is 0 Å². The van der Waals surface area contributed by atoms with Gasteiger partial charge in [-0.3, -0.25) is 0 Å². The molecule has 0 bridgehead atoms. The van der Waals surface area contributed by atoms with Gasteiger partial charge >= 0.3 is 7.12 Å². The summed E-state index contributed by atoms with van der Waals surface area (Å²) in [7, 11) is -3.83. The normalized spacial score (nSPS) is 21.2. The SMILES string of the molecule is Cc1nc(S(C)(=O)=O)ccc1B1OC(C)(C)C(C)(C)O1. The van der Waals surface area contributed by atoms with Gasteiger partial charge in [0.2, 0.25) is 0 Å². The molecule has 1 aromatic heterocycles. The van der Waals surface area contributed by atoms with E-state index in [2.05, 4.69) is 4.98 Å². The highest BCUT2D eigenvalue weighted by Gasteiger charge is 2.52. The number of hydrogen-bond acceptors (Lipinski definition) is 5. The van der Waals surface area contributed by atoms with E-state index in [1.807, 2.05) is 27.7 Å². The Hall–Kier alpha value is -0.915. The minimum absolute atomic E-state index is 0.0651. The maximum atomic E-state index is 11.5. The third-order valence-electron chi connectivity index (χ3n) is 3.99. The van der Waals surface area contributed by atoms with Crippen LogP contribution in [-0.2, 0) is 19.1 Å². The van der Waals surface area contributed by atoms with Crippen LogP contribution in [-0.4, -0.2) is 38.0 Å². The number of sulfone groups is 1. The Morgan fingerprint density at radius 3 is 2.00 bits per heavy atom. The van der Waals surface area contributed by atoms with Crippen LogP contribution in [0.25, 0.3) is 0 Å². The van der Waals surface area contributed by atoms with Gasteiger partial charge in [-0.15, -0.1) is 0 Å². The number of nitrogens with zero attached hydrogens (tertiary/aromatic N) is 1. The molecule has 0 atom stereocenters. The summed E-state index contributed by atoms with van der Waals surface area (Å²) in [6.07, 6.45) is 1.14. The van der Waals surface area contributed by atoms with Gasteiger partial charge in [0.05, 0.1) is 11.2 Å². The third-order valence-corrected chi connectivity index (χ3v) is 4.98. The summed E-state index contributed by atoms with van der Waals surface area (Å²) >= 11 is 0. The van der Waals surface area contributed by atoms with Gasteiger partial charge in [-0.1, -0.05) is 6.07 Å². The Labute approximate surface area is 120 Å². The largest absolute Gasteiger partial charge is 0.496 e. The zero-order valence-electron chi connectivity index (χ0n) is 12.7. The van der Waals surface area contributed by atoms with Crippen LogP contribution in [0.1, 0.15) is 33.4 Å². The average molecular weight is 297 g/mol. The minimum atomic E-state index is -3.30. The lowest BCUT2D eigenvalue weighted by molar-refractivity contribution is 0.00578. The molecular formula is C13H20BNO4S. The van der Waals surface area contributed by atoms with Crippen LogP contribution in [0.2, 0.25) is 0 Å². The summed E-state index contributed by atoms with van der Waals surface area (Å²) in [6.45, 7) is 9.65. The lowest BCUT2D eigenvalue weighted by atomic mass is 9.78. The van der Waals surface area contributed by atoms with Crippen molar-refractivity contribution >= 4 is 22.4 Å². The van der Waals surface area contributed by atoms with Crippen molar-refractivity contribution in [3.05, 3.63) is 17.8 Å². The molecular weight excluding hydrogens is 277 g/mol. The van der Waals surface area contributed by atoms with E-state index in [4.69, 9.17) is 9.31 Å². The molecule has 110 valence electrons. The van der Waals surface area contributed by atoms with Gasteiger partial charge < -0.3 is 9.31 Å². The van der Waals surface area contributed by atoms with Crippen LogP contribution in [0, 0.1) is 6.92 Å². The van der Waals surface area contributed by atoms with Gasteiger partial charge in [0, 0.05) is 17.4 Å². The monoisotopic (exact) mass is 297 g/mol. The van der Waals surface area contributed by atoms with E-state index >= 15 is 0 Å². The van der Waals surface area contributed by atoms with Gasteiger partial charge in [-0.2, -0.15) is 0 Å². The maximum absolute atomic E-state index is 11.5. The first-order valence-electron chi connectivity index (χ1n) is 6.47. The molecule has 5 nitrogen and oxygen atoms in total. The van der Waals surface area contributed by atoms with Gasteiger partial charge in [-0.25, -0.2) is 13.4 Å². The third kappa shape index (κ3) is 2.62. The van der Waals surface area contributed by atoms with Gasteiger partial charge in [0.15, 0.2) is 14.9 Å². The molecule has 1 aliphatic heterocycles. The molecule has 7 heteroatoms. The molecule has 0 saturated carbocycles. The molecule has 1 aliphatic rings. The van der Waals surface area contributed by atoms with E-state index in [0.717, 1.165) is 11.7 Å². The predicted molar refractivity (Wildman–Crippen MR) is 77.8 cm³/mol. The van der Waals surface area contributed by atoms with Gasteiger partial charge in [0.25, 0.3) is 0 Å². The van der Waals surface area contributed by atoms with Crippen molar-refractivity contribution in [1.82, 2.24) is 4.98 Å². The minimum Gasteiger partial charge on any atom is -0.399 e. The first kappa shape index (κ1) is 15.5. The molecule has 0 spiro atoms. The first-order chi connectivity index (χ1) is 8.94. The molecule has 1 saturated heterocycles. The second-order valence-electron chi connectivity index (χ2n) is 6.18.